The SMILES string of the molecule is O=C(O)C1CCCN(C(=O)C2CC2)CC1. The van der Waals surface area contributed by atoms with E-state index in [4.69, 9.17) is 5.11 Å². The number of aliphatic carboxylic acids is 1. The lowest BCUT2D eigenvalue weighted by molar-refractivity contribution is -0.142. The average Bonchev–Trinajstić information content (AvgIpc) is 3.04. The topological polar surface area (TPSA) is 57.6 Å². The minimum absolute atomic E-state index is 0.248. The number of amides is 1. The molecule has 0 radical (unpaired) electrons. The molecule has 4 heteroatoms. The quantitative estimate of drug-likeness (QED) is 0.744. The molecule has 2 aliphatic rings. The predicted octanol–water partition coefficient (Wildman–Crippen LogP) is 1.11. The fourth-order valence-electron chi connectivity index (χ4n) is 2.15. The molecule has 1 heterocycles. The smallest absolute Gasteiger partial charge is 0.306 e. The molecule has 1 aliphatic heterocycles. The second kappa shape index (κ2) is 4.21. The molecule has 0 aromatic rings. The highest BCUT2D eigenvalue weighted by molar-refractivity contribution is 5.81. The van der Waals surface area contributed by atoms with Gasteiger partial charge in [-0.25, -0.2) is 0 Å². The summed E-state index contributed by atoms with van der Waals surface area (Å²) in [4.78, 5) is 24.5. The number of carbonyl (C=O) groups excluding carboxylic acids is 1. The molecular formula is C11H17NO3. The first-order valence-electron chi connectivity index (χ1n) is 5.70. The first-order valence-corrected chi connectivity index (χ1v) is 5.70. The summed E-state index contributed by atoms with van der Waals surface area (Å²) in [6, 6.07) is 0. The molecule has 15 heavy (non-hydrogen) atoms. The lowest BCUT2D eigenvalue weighted by atomic mass is 10.0. The number of hydrogen-bond acceptors (Lipinski definition) is 2. The van der Waals surface area contributed by atoms with E-state index in [0.29, 0.717) is 19.4 Å². The molecule has 84 valence electrons. The van der Waals surface area contributed by atoms with Gasteiger partial charge < -0.3 is 10.0 Å². The number of carboxylic acids is 1. The maximum absolute atomic E-state index is 11.8. The molecule has 1 aliphatic carbocycles. The fraction of sp³-hybridized carbons (Fsp3) is 0.818. The summed E-state index contributed by atoms with van der Waals surface area (Å²) < 4.78 is 0. The van der Waals surface area contributed by atoms with Crippen LogP contribution in [0.2, 0.25) is 0 Å². The van der Waals surface area contributed by atoms with Gasteiger partial charge in [-0.05, 0) is 32.1 Å². The Morgan fingerprint density at radius 1 is 1.00 bits per heavy atom. The largest absolute Gasteiger partial charge is 0.481 e. The highest BCUT2D eigenvalue weighted by atomic mass is 16.4. The van der Waals surface area contributed by atoms with Gasteiger partial charge in [0.25, 0.3) is 0 Å². The van der Waals surface area contributed by atoms with Crippen LogP contribution in [0.25, 0.3) is 0 Å². The zero-order valence-corrected chi connectivity index (χ0v) is 8.82. The normalized spacial score (nSPS) is 27.2. The minimum atomic E-state index is -0.712. The van der Waals surface area contributed by atoms with Crippen molar-refractivity contribution < 1.29 is 14.7 Å². The van der Waals surface area contributed by atoms with E-state index in [1.807, 2.05) is 4.90 Å². The Bertz CT molecular complexity index is 273. The maximum atomic E-state index is 11.8. The Kier molecular flexibility index (Phi) is 2.93. The Balaban J connectivity index is 1.88. The van der Waals surface area contributed by atoms with Gasteiger partial charge in [0, 0.05) is 19.0 Å². The molecule has 0 aromatic heterocycles. The highest BCUT2D eigenvalue weighted by Gasteiger charge is 2.34. The van der Waals surface area contributed by atoms with Gasteiger partial charge in [0.05, 0.1) is 5.92 Å². The summed E-state index contributed by atoms with van der Waals surface area (Å²) in [5, 5.41) is 8.91. The van der Waals surface area contributed by atoms with Crippen LogP contribution in [-0.4, -0.2) is 35.0 Å². The van der Waals surface area contributed by atoms with E-state index in [-0.39, 0.29) is 17.7 Å². The summed E-state index contributed by atoms with van der Waals surface area (Å²) in [5.74, 6) is -0.454. The van der Waals surface area contributed by atoms with Gasteiger partial charge in [0.1, 0.15) is 0 Å². The molecule has 0 bridgehead atoms. The molecular weight excluding hydrogens is 194 g/mol. The van der Waals surface area contributed by atoms with Crippen molar-refractivity contribution >= 4 is 11.9 Å². The molecule has 1 N–H and O–H groups in total. The van der Waals surface area contributed by atoms with Crippen molar-refractivity contribution in [2.24, 2.45) is 11.8 Å². The second-order valence-electron chi connectivity index (χ2n) is 4.57. The van der Waals surface area contributed by atoms with E-state index in [2.05, 4.69) is 0 Å². The third-order valence-electron chi connectivity index (χ3n) is 3.32. The van der Waals surface area contributed by atoms with Gasteiger partial charge >= 0.3 is 5.97 Å². The monoisotopic (exact) mass is 211 g/mol. The number of carboxylic acid groups (broad SMARTS) is 1. The van der Waals surface area contributed by atoms with Crippen molar-refractivity contribution in [1.82, 2.24) is 4.90 Å². The van der Waals surface area contributed by atoms with Gasteiger partial charge in [0.15, 0.2) is 0 Å². The van der Waals surface area contributed by atoms with Crippen molar-refractivity contribution in [2.45, 2.75) is 32.1 Å². The van der Waals surface area contributed by atoms with Crippen LogP contribution < -0.4 is 0 Å². The van der Waals surface area contributed by atoms with E-state index >= 15 is 0 Å². The van der Waals surface area contributed by atoms with Crippen LogP contribution in [0.5, 0.6) is 0 Å². The van der Waals surface area contributed by atoms with Gasteiger partial charge in [0.2, 0.25) is 5.91 Å². The number of hydrogen-bond donors (Lipinski definition) is 1. The van der Waals surface area contributed by atoms with Crippen LogP contribution in [0, 0.1) is 11.8 Å². The summed E-state index contributed by atoms with van der Waals surface area (Å²) in [5.41, 5.74) is 0. The molecule has 1 unspecified atom stereocenters. The van der Waals surface area contributed by atoms with Crippen molar-refractivity contribution in [2.75, 3.05) is 13.1 Å². The number of likely N-dealkylation sites (tertiary alicyclic amines) is 1. The Labute approximate surface area is 89.3 Å². The lowest BCUT2D eigenvalue weighted by Gasteiger charge is -2.20. The molecule has 1 atom stereocenters. The maximum Gasteiger partial charge on any atom is 0.306 e. The molecule has 1 saturated carbocycles. The van der Waals surface area contributed by atoms with Crippen LogP contribution in [0.4, 0.5) is 0 Å². The molecule has 1 amide bonds. The molecule has 2 fully saturated rings. The standard InChI is InChI=1S/C11H17NO3/c13-10(8-3-4-8)12-6-1-2-9(5-7-12)11(14)15/h8-9H,1-7H2,(H,14,15). The number of carbonyl (C=O) groups is 2. The van der Waals surface area contributed by atoms with E-state index in [1.165, 1.54) is 0 Å². The first kappa shape index (κ1) is 10.5. The zero-order chi connectivity index (χ0) is 10.8. The van der Waals surface area contributed by atoms with Crippen LogP contribution in [-0.2, 0) is 9.59 Å². The summed E-state index contributed by atoms with van der Waals surface area (Å²) >= 11 is 0. The molecule has 0 aromatic carbocycles. The van der Waals surface area contributed by atoms with E-state index in [1.54, 1.807) is 0 Å². The Hall–Kier alpha value is -1.06. The average molecular weight is 211 g/mol. The van der Waals surface area contributed by atoms with E-state index in [0.717, 1.165) is 25.8 Å². The Morgan fingerprint density at radius 3 is 2.33 bits per heavy atom. The molecule has 1 saturated heterocycles. The van der Waals surface area contributed by atoms with E-state index < -0.39 is 5.97 Å². The number of nitrogens with zero attached hydrogens (tertiary/aromatic N) is 1. The Morgan fingerprint density at radius 2 is 1.73 bits per heavy atom. The summed E-state index contributed by atoms with van der Waals surface area (Å²) in [6.45, 7) is 1.38. The van der Waals surface area contributed by atoms with Crippen molar-refractivity contribution in [3.8, 4) is 0 Å². The second-order valence-corrected chi connectivity index (χ2v) is 4.57. The summed E-state index contributed by atoms with van der Waals surface area (Å²) in [6.07, 6.45) is 4.21. The summed E-state index contributed by atoms with van der Waals surface area (Å²) in [7, 11) is 0. The van der Waals surface area contributed by atoms with Gasteiger partial charge in [-0.3, -0.25) is 9.59 Å². The van der Waals surface area contributed by atoms with Crippen LogP contribution in [0.1, 0.15) is 32.1 Å². The minimum Gasteiger partial charge on any atom is -0.481 e. The van der Waals surface area contributed by atoms with Crippen LogP contribution in [0.3, 0.4) is 0 Å². The van der Waals surface area contributed by atoms with Crippen LogP contribution >= 0.6 is 0 Å². The molecule has 2 rings (SSSR count). The molecule has 0 spiro atoms. The third-order valence-corrected chi connectivity index (χ3v) is 3.32. The van der Waals surface area contributed by atoms with Gasteiger partial charge in [-0.15, -0.1) is 0 Å². The number of rotatable bonds is 2. The first-order chi connectivity index (χ1) is 7.18. The van der Waals surface area contributed by atoms with Gasteiger partial charge in [-0.2, -0.15) is 0 Å². The van der Waals surface area contributed by atoms with E-state index in [9.17, 15) is 9.59 Å². The predicted molar refractivity (Wildman–Crippen MR) is 54.3 cm³/mol. The third kappa shape index (κ3) is 2.49. The van der Waals surface area contributed by atoms with Crippen LogP contribution in [0.15, 0.2) is 0 Å². The van der Waals surface area contributed by atoms with Crippen molar-refractivity contribution in [1.29, 1.82) is 0 Å². The zero-order valence-electron chi connectivity index (χ0n) is 8.82. The highest BCUT2D eigenvalue weighted by Crippen LogP contribution is 2.32. The van der Waals surface area contributed by atoms with Gasteiger partial charge in [-0.1, -0.05) is 0 Å². The van der Waals surface area contributed by atoms with Crippen molar-refractivity contribution in [3.63, 3.8) is 0 Å². The molecule has 4 nitrogen and oxygen atoms in total. The lowest BCUT2D eigenvalue weighted by Crippen LogP contribution is -2.33. The fourth-order valence-corrected chi connectivity index (χ4v) is 2.15. The van der Waals surface area contributed by atoms with Crippen molar-refractivity contribution in [3.05, 3.63) is 0 Å².